The molecule has 1 saturated heterocycles. The molecule has 1 heterocycles. The molecule has 1 aliphatic rings. The Bertz CT molecular complexity index is 942. The maximum absolute atomic E-state index is 12.9. The van der Waals surface area contributed by atoms with Crippen LogP contribution in [0.5, 0.6) is 0 Å². The predicted octanol–water partition coefficient (Wildman–Crippen LogP) is 3.98. The first-order chi connectivity index (χ1) is 15.2. The topological polar surface area (TPSA) is 69.7 Å². The van der Waals surface area contributed by atoms with E-state index >= 15 is 0 Å². The molecule has 1 N–H and O–H groups in total. The summed E-state index contributed by atoms with van der Waals surface area (Å²) in [5.41, 5.74) is 1.89. The molecule has 0 atom stereocenters. The molecule has 6 heteroatoms. The molecule has 0 spiro atoms. The molecule has 32 heavy (non-hydrogen) atoms. The van der Waals surface area contributed by atoms with Crippen molar-refractivity contribution in [3.05, 3.63) is 65.7 Å². The normalized spacial score (nSPS) is 14.2. The van der Waals surface area contributed by atoms with Gasteiger partial charge < -0.3 is 15.1 Å². The molecule has 1 fully saturated rings. The molecule has 0 saturated carbocycles. The Balaban J connectivity index is 1.48. The summed E-state index contributed by atoms with van der Waals surface area (Å²) in [4.78, 5) is 41.4. The first kappa shape index (κ1) is 23.5. The van der Waals surface area contributed by atoms with Gasteiger partial charge in [-0.3, -0.25) is 14.4 Å². The summed E-state index contributed by atoms with van der Waals surface area (Å²) >= 11 is 0. The van der Waals surface area contributed by atoms with Gasteiger partial charge in [-0.25, -0.2) is 0 Å². The van der Waals surface area contributed by atoms with Crippen molar-refractivity contribution in [3.63, 3.8) is 0 Å². The third kappa shape index (κ3) is 6.42. The number of nitrogens with zero attached hydrogens (tertiary/aromatic N) is 2. The van der Waals surface area contributed by atoms with Crippen LogP contribution in [0.15, 0.2) is 54.6 Å². The van der Waals surface area contributed by atoms with E-state index in [0.29, 0.717) is 43.9 Å². The van der Waals surface area contributed by atoms with Gasteiger partial charge in [-0.1, -0.05) is 57.2 Å². The Morgan fingerprint density at radius 2 is 1.53 bits per heavy atom. The van der Waals surface area contributed by atoms with Gasteiger partial charge in [0, 0.05) is 49.3 Å². The fourth-order valence-electron chi connectivity index (χ4n) is 3.64. The number of aryl methyl sites for hydroxylation is 1. The van der Waals surface area contributed by atoms with Crippen molar-refractivity contribution in [2.45, 2.75) is 40.0 Å². The Hall–Kier alpha value is -3.15. The van der Waals surface area contributed by atoms with Crippen LogP contribution in [0.25, 0.3) is 0 Å². The standard InChI is InChI=1S/C26H33N3O3/c1-26(2,3)25(32)27-22-13-8-12-21(19-22)24(31)29-17-15-28(16-18-29)23(30)14-7-11-20-9-5-4-6-10-20/h4-6,8-10,12-13,19H,7,11,14-18H2,1-3H3,(H,27,32). The van der Waals surface area contributed by atoms with E-state index in [0.717, 1.165) is 12.8 Å². The maximum atomic E-state index is 12.9. The molecule has 170 valence electrons. The number of piperazine rings is 1. The lowest BCUT2D eigenvalue weighted by atomic mass is 9.95. The Labute approximate surface area is 190 Å². The van der Waals surface area contributed by atoms with Gasteiger partial charge in [0.05, 0.1) is 0 Å². The first-order valence-corrected chi connectivity index (χ1v) is 11.3. The molecular weight excluding hydrogens is 402 g/mol. The summed E-state index contributed by atoms with van der Waals surface area (Å²) in [5, 5.41) is 2.87. The predicted molar refractivity (Wildman–Crippen MR) is 126 cm³/mol. The van der Waals surface area contributed by atoms with E-state index in [9.17, 15) is 14.4 Å². The fraction of sp³-hybridized carbons (Fsp3) is 0.423. The lowest BCUT2D eigenvalue weighted by Crippen LogP contribution is -2.50. The monoisotopic (exact) mass is 435 g/mol. The quantitative estimate of drug-likeness (QED) is 0.746. The van der Waals surface area contributed by atoms with Crippen molar-refractivity contribution >= 4 is 23.4 Å². The molecule has 0 aromatic heterocycles. The average molecular weight is 436 g/mol. The van der Waals surface area contributed by atoms with Crippen molar-refractivity contribution in [3.8, 4) is 0 Å². The van der Waals surface area contributed by atoms with E-state index < -0.39 is 5.41 Å². The zero-order valence-electron chi connectivity index (χ0n) is 19.3. The van der Waals surface area contributed by atoms with Crippen LogP contribution in [0.2, 0.25) is 0 Å². The summed E-state index contributed by atoms with van der Waals surface area (Å²) in [6.45, 7) is 7.68. The number of anilines is 1. The molecule has 2 aromatic rings. The highest BCUT2D eigenvalue weighted by molar-refractivity contribution is 5.98. The van der Waals surface area contributed by atoms with Gasteiger partial charge in [-0.2, -0.15) is 0 Å². The Morgan fingerprint density at radius 3 is 2.19 bits per heavy atom. The van der Waals surface area contributed by atoms with E-state index in [1.54, 1.807) is 29.2 Å². The number of rotatable bonds is 6. The third-order valence-corrected chi connectivity index (χ3v) is 5.67. The van der Waals surface area contributed by atoms with Crippen LogP contribution < -0.4 is 5.32 Å². The number of nitrogens with one attached hydrogen (secondary N) is 1. The molecule has 6 nitrogen and oxygen atoms in total. The van der Waals surface area contributed by atoms with Crippen molar-refractivity contribution in [2.75, 3.05) is 31.5 Å². The highest BCUT2D eigenvalue weighted by atomic mass is 16.2. The Morgan fingerprint density at radius 1 is 0.875 bits per heavy atom. The van der Waals surface area contributed by atoms with E-state index in [-0.39, 0.29) is 17.7 Å². The second-order valence-corrected chi connectivity index (χ2v) is 9.30. The minimum Gasteiger partial charge on any atom is -0.339 e. The summed E-state index contributed by atoms with van der Waals surface area (Å²) in [6, 6.07) is 17.2. The van der Waals surface area contributed by atoms with Crippen LogP contribution in [0, 0.1) is 5.41 Å². The largest absolute Gasteiger partial charge is 0.339 e. The van der Waals surface area contributed by atoms with Crippen LogP contribution in [0.1, 0.15) is 49.5 Å². The zero-order valence-corrected chi connectivity index (χ0v) is 19.3. The van der Waals surface area contributed by atoms with Gasteiger partial charge in [0.1, 0.15) is 0 Å². The minimum absolute atomic E-state index is 0.0759. The third-order valence-electron chi connectivity index (χ3n) is 5.67. The van der Waals surface area contributed by atoms with E-state index in [4.69, 9.17) is 0 Å². The molecule has 3 rings (SSSR count). The van der Waals surface area contributed by atoms with Crippen molar-refractivity contribution in [1.29, 1.82) is 0 Å². The van der Waals surface area contributed by atoms with Gasteiger partial charge >= 0.3 is 0 Å². The number of carbonyl (C=O) groups is 3. The molecule has 3 amide bonds. The van der Waals surface area contributed by atoms with E-state index in [1.165, 1.54) is 5.56 Å². The van der Waals surface area contributed by atoms with Crippen LogP contribution in [0.3, 0.4) is 0 Å². The lowest BCUT2D eigenvalue weighted by Gasteiger charge is -2.35. The SMILES string of the molecule is CC(C)(C)C(=O)Nc1cccc(C(=O)N2CCN(C(=O)CCCc3ccccc3)CC2)c1. The molecular formula is C26H33N3O3. The summed E-state index contributed by atoms with van der Waals surface area (Å²) < 4.78 is 0. The molecule has 1 aliphatic heterocycles. The fourth-order valence-corrected chi connectivity index (χ4v) is 3.64. The molecule has 0 aliphatic carbocycles. The van der Waals surface area contributed by atoms with Gasteiger partial charge in [-0.05, 0) is 36.6 Å². The summed E-state index contributed by atoms with van der Waals surface area (Å²) in [7, 11) is 0. The van der Waals surface area contributed by atoms with Crippen LogP contribution >= 0.6 is 0 Å². The maximum Gasteiger partial charge on any atom is 0.254 e. The molecule has 0 radical (unpaired) electrons. The second-order valence-electron chi connectivity index (χ2n) is 9.30. The lowest BCUT2D eigenvalue weighted by molar-refractivity contribution is -0.132. The van der Waals surface area contributed by atoms with Gasteiger partial charge in [0.2, 0.25) is 11.8 Å². The number of hydrogen-bond acceptors (Lipinski definition) is 3. The second kappa shape index (κ2) is 10.4. The van der Waals surface area contributed by atoms with Crippen molar-refractivity contribution in [2.24, 2.45) is 5.41 Å². The van der Waals surface area contributed by atoms with Gasteiger partial charge in [0.25, 0.3) is 5.91 Å². The molecule has 0 bridgehead atoms. The minimum atomic E-state index is -0.510. The van der Waals surface area contributed by atoms with Crippen LogP contribution in [-0.4, -0.2) is 53.7 Å². The van der Waals surface area contributed by atoms with E-state index in [1.807, 2.05) is 43.9 Å². The van der Waals surface area contributed by atoms with Crippen LogP contribution in [0.4, 0.5) is 5.69 Å². The zero-order chi connectivity index (χ0) is 23.1. The highest BCUT2D eigenvalue weighted by Crippen LogP contribution is 2.19. The Kier molecular flexibility index (Phi) is 7.67. The smallest absolute Gasteiger partial charge is 0.254 e. The van der Waals surface area contributed by atoms with Gasteiger partial charge in [-0.15, -0.1) is 0 Å². The first-order valence-electron chi connectivity index (χ1n) is 11.3. The van der Waals surface area contributed by atoms with Crippen LogP contribution in [-0.2, 0) is 16.0 Å². The number of benzene rings is 2. The summed E-state index contributed by atoms with van der Waals surface area (Å²) in [5.74, 6) is -0.0190. The highest BCUT2D eigenvalue weighted by Gasteiger charge is 2.25. The average Bonchev–Trinajstić information content (AvgIpc) is 2.79. The molecule has 0 unspecified atom stereocenters. The van der Waals surface area contributed by atoms with Crippen molar-refractivity contribution in [1.82, 2.24) is 9.80 Å². The number of hydrogen-bond donors (Lipinski definition) is 1. The summed E-state index contributed by atoms with van der Waals surface area (Å²) in [6.07, 6.45) is 2.25. The molecule has 2 aromatic carbocycles. The van der Waals surface area contributed by atoms with E-state index in [2.05, 4.69) is 17.4 Å². The van der Waals surface area contributed by atoms with Gasteiger partial charge in [0.15, 0.2) is 0 Å². The van der Waals surface area contributed by atoms with Crippen molar-refractivity contribution < 1.29 is 14.4 Å². The number of amides is 3. The number of carbonyl (C=O) groups excluding carboxylic acids is 3.